The Bertz CT molecular complexity index is 1120. The van der Waals surface area contributed by atoms with E-state index in [-0.39, 0.29) is 5.41 Å². The van der Waals surface area contributed by atoms with Crippen LogP contribution in [0.15, 0.2) is 30.3 Å². The topological polar surface area (TPSA) is 109 Å². The summed E-state index contributed by atoms with van der Waals surface area (Å²) in [6.45, 7) is 14.8. The molecular formula is C44H78N4O3. The molecule has 0 heterocycles. The lowest BCUT2D eigenvalue weighted by molar-refractivity contribution is -0.227. The van der Waals surface area contributed by atoms with Crippen LogP contribution in [0.3, 0.4) is 0 Å². The Balaban J connectivity index is 1.34. The Morgan fingerprint density at radius 1 is 0.765 bits per heavy atom. The first kappa shape index (κ1) is 41.1. The summed E-state index contributed by atoms with van der Waals surface area (Å²) < 4.78 is 20.7. The molecule has 7 heteroatoms. The monoisotopic (exact) mass is 711 g/mol. The molecular weight excluding hydrogens is 633 g/mol. The van der Waals surface area contributed by atoms with E-state index in [9.17, 15) is 0 Å². The fourth-order valence-corrected chi connectivity index (χ4v) is 11.9. The van der Waals surface area contributed by atoms with E-state index in [0.717, 1.165) is 91.1 Å². The van der Waals surface area contributed by atoms with E-state index in [1.807, 2.05) is 0 Å². The van der Waals surface area contributed by atoms with E-state index in [1.54, 1.807) is 0 Å². The van der Waals surface area contributed by atoms with Crippen LogP contribution in [0, 0.1) is 46.3 Å². The highest BCUT2D eigenvalue weighted by Crippen LogP contribution is 2.69. The summed E-state index contributed by atoms with van der Waals surface area (Å²) in [6.07, 6.45) is 18.5. The molecule has 0 saturated heterocycles. The predicted molar refractivity (Wildman–Crippen MR) is 211 cm³/mol. The number of unbranched alkanes of at least 4 members (excludes halogenated alkanes) is 3. The van der Waals surface area contributed by atoms with Gasteiger partial charge in [0.05, 0.1) is 18.3 Å². The van der Waals surface area contributed by atoms with Crippen molar-refractivity contribution in [2.24, 2.45) is 63.5 Å². The van der Waals surface area contributed by atoms with Crippen molar-refractivity contribution in [1.82, 2.24) is 4.90 Å². The lowest BCUT2D eigenvalue weighted by atomic mass is 9.43. The Kier molecular flexibility index (Phi) is 16.1. The summed E-state index contributed by atoms with van der Waals surface area (Å²) in [4.78, 5) is 2.50. The Hall–Kier alpha value is -1.06. The minimum Gasteiger partial charge on any atom is -0.378 e. The van der Waals surface area contributed by atoms with Crippen molar-refractivity contribution in [2.45, 2.75) is 142 Å². The van der Waals surface area contributed by atoms with Gasteiger partial charge in [-0.25, -0.2) is 0 Å². The van der Waals surface area contributed by atoms with Gasteiger partial charge in [-0.1, -0.05) is 51.1 Å². The molecule has 4 aliphatic carbocycles. The van der Waals surface area contributed by atoms with Gasteiger partial charge in [0.15, 0.2) is 0 Å². The van der Waals surface area contributed by atoms with Gasteiger partial charge in [0.2, 0.25) is 0 Å². The number of fused-ring (bicyclic) bond motifs is 5. The summed E-state index contributed by atoms with van der Waals surface area (Å²) in [5.41, 5.74) is 19.5. The zero-order chi connectivity index (χ0) is 36.3. The maximum Gasteiger partial charge on any atom is 0.0637 e. The molecule has 0 aromatic heterocycles. The van der Waals surface area contributed by atoms with Crippen molar-refractivity contribution in [3.63, 3.8) is 0 Å². The van der Waals surface area contributed by atoms with Crippen molar-refractivity contribution in [2.75, 3.05) is 53.0 Å². The third kappa shape index (κ3) is 9.98. The number of nitrogens with two attached hydrogens (primary N) is 3. The van der Waals surface area contributed by atoms with Gasteiger partial charge < -0.3 is 36.3 Å². The van der Waals surface area contributed by atoms with Crippen LogP contribution in [0.1, 0.15) is 123 Å². The van der Waals surface area contributed by atoms with Gasteiger partial charge in [0.25, 0.3) is 0 Å². The second kappa shape index (κ2) is 20.0. The largest absolute Gasteiger partial charge is 0.378 e. The fraction of sp³-hybridized carbons (Fsp3) is 0.864. The smallest absolute Gasteiger partial charge is 0.0637 e. The minimum absolute atomic E-state index is 0.171. The molecule has 0 aliphatic heterocycles. The molecule has 0 amide bonds. The van der Waals surface area contributed by atoms with Crippen molar-refractivity contribution >= 4 is 0 Å². The van der Waals surface area contributed by atoms with Crippen LogP contribution < -0.4 is 17.2 Å². The molecule has 51 heavy (non-hydrogen) atoms. The summed E-state index contributed by atoms with van der Waals surface area (Å²) in [6, 6.07) is 10.9. The van der Waals surface area contributed by atoms with Crippen molar-refractivity contribution in [1.29, 1.82) is 0 Å². The predicted octanol–water partition coefficient (Wildman–Crippen LogP) is 7.79. The van der Waals surface area contributed by atoms with Gasteiger partial charge in [-0.3, -0.25) is 0 Å². The van der Waals surface area contributed by atoms with Gasteiger partial charge in [-0.15, -0.1) is 0 Å². The van der Waals surface area contributed by atoms with Crippen LogP contribution in [-0.2, 0) is 20.8 Å². The SMILES string of the molecule is C[C@H](CCCN(C)Cc1ccccc1)[C@H]1CC[C@H]2C3[C@H](OCCCCN)CC4C[C@H](OCCCCN)CC[C@]4(C)[C@H]3C[C@H](OCCCCN)[C@]12C. The number of hydrogen-bond acceptors (Lipinski definition) is 7. The van der Waals surface area contributed by atoms with E-state index < -0.39 is 0 Å². The van der Waals surface area contributed by atoms with E-state index in [2.05, 4.69) is 63.1 Å². The minimum atomic E-state index is 0.171. The van der Waals surface area contributed by atoms with Gasteiger partial charge >= 0.3 is 0 Å². The van der Waals surface area contributed by atoms with Gasteiger partial charge in [-0.05, 0) is 176 Å². The quantitative estimate of drug-likeness (QED) is 0.106. The molecule has 4 fully saturated rings. The van der Waals surface area contributed by atoms with E-state index in [1.165, 1.54) is 63.4 Å². The Labute approximate surface area is 312 Å². The molecule has 11 atom stereocenters. The highest BCUT2D eigenvalue weighted by Gasteiger charge is 2.66. The molecule has 0 radical (unpaired) electrons. The van der Waals surface area contributed by atoms with Crippen LogP contribution in [0.5, 0.6) is 0 Å². The zero-order valence-corrected chi connectivity index (χ0v) is 33.3. The maximum absolute atomic E-state index is 7.16. The number of rotatable bonds is 22. The third-order valence-corrected chi connectivity index (χ3v) is 14.7. The molecule has 6 N–H and O–H groups in total. The van der Waals surface area contributed by atoms with E-state index in [0.29, 0.717) is 59.2 Å². The zero-order valence-electron chi connectivity index (χ0n) is 33.3. The second-order valence-electron chi connectivity index (χ2n) is 17.9. The van der Waals surface area contributed by atoms with Gasteiger partial charge in [0, 0.05) is 31.8 Å². The maximum atomic E-state index is 7.16. The number of ether oxygens (including phenoxy) is 3. The molecule has 5 rings (SSSR count). The molecule has 292 valence electrons. The standard InChI is InChI=1S/C44H78N4O3/c1-33(15-14-25-48(4)32-34-16-6-5-7-17-34)37-18-19-38-42-39(31-41(44(37,38)3)51-28-13-10-24-47)43(2)21-20-36(49-26-11-8-22-45)29-35(43)30-40(42)50-27-12-9-23-46/h5-7,16-17,33,35-42H,8-15,18-32,45-47H2,1-4H3/t33-,35?,36-,37-,38+,39+,40-,41+,42?,43+,44-/m1/s1. The summed E-state index contributed by atoms with van der Waals surface area (Å²) in [7, 11) is 2.28. The number of hydrogen-bond donors (Lipinski definition) is 3. The van der Waals surface area contributed by atoms with Crippen molar-refractivity contribution < 1.29 is 14.2 Å². The average Bonchev–Trinajstić information content (AvgIpc) is 3.49. The van der Waals surface area contributed by atoms with Gasteiger partial charge in [0.1, 0.15) is 0 Å². The van der Waals surface area contributed by atoms with Crippen LogP contribution in [0.25, 0.3) is 0 Å². The van der Waals surface area contributed by atoms with Crippen molar-refractivity contribution in [3.05, 3.63) is 35.9 Å². The van der Waals surface area contributed by atoms with E-state index in [4.69, 9.17) is 31.4 Å². The highest BCUT2D eigenvalue weighted by atomic mass is 16.5. The molecule has 7 nitrogen and oxygen atoms in total. The normalized spacial score (nSPS) is 35.4. The van der Waals surface area contributed by atoms with Gasteiger partial charge in [-0.2, -0.15) is 0 Å². The molecule has 4 saturated carbocycles. The fourth-order valence-electron chi connectivity index (χ4n) is 11.9. The number of nitrogens with zero attached hydrogens (tertiary/aromatic N) is 1. The Morgan fingerprint density at radius 2 is 1.43 bits per heavy atom. The summed E-state index contributed by atoms with van der Waals surface area (Å²) in [5, 5.41) is 0. The average molecular weight is 711 g/mol. The lowest BCUT2D eigenvalue weighted by Gasteiger charge is -2.65. The van der Waals surface area contributed by atoms with Crippen molar-refractivity contribution in [3.8, 4) is 0 Å². The van der Waals surface area contributed by atoms with Crippen LogP contribution in [-0.4, -0.2) is 76.3 Å². The molecule has 1 aromatic carbocycles. The first-order valence-electron chi connectivity index (χ1n) is 21.4. The first-order chi connectivity index (χ1) is 24.8. The van der Waals surface area contributed by atoms with Crippen LogP contribution in [0.4, 0.5) is 0 Å². The highest BCUT2D eigenvalue weighted by molar-refractivity contribution is 5.16. The molecule has 4 aliphatic rings. The summed E-state index contributed by atoms with van der Waals surface area (Å²) in [5.74, 6) is 3.88. The molecule has 1 aromatic rings. The Morgan fingerprint density at radius 3 is 2.12 bits per heavy atom. The van der Waals surface area contributed by atoms with Crippen LogP contribution in [0.2, 0.25) is 0 Å². The third-order valence-electron chi connectivity index (χ3n) is 14.7. The van der Waals surface area contributed by atoms with E-state index >= 15 is 0 Å². The lowest BCUT2D eigenvalue weighted by Crippen LogP contribution is -2.63. The molecule has 0 spiro atoms. The molecule has 2 unspecified atom stereocenters. The number of benzene rings is 1. The first-order valence-corrected chi connectivity index (χ1v) is 21.4. The summed E-state index contributed by atoms with van der Waals surface area (Å²) >= 11 is 0. The second-order valence-corrected chi connectivity index (χ2v) is 17.9. The molecule has 0 bridgehead atoms. The van der Waals surface area contributed by atoms with Crippen LogP contribution >= 0.6 is 0 Å².